The maximum Gasteiger partial charge on any atom is 0.217 e. The van der Waals surface area contributed by atoms with Crippen LogP contribution in [0.2, 0.25) is 0 Å². The van der Waals surface area contributed by atoms with Crippen molar-refractivity contribution in [3.63, 3.8) is 0 Å². The van der Waals surface area contributed by atoms with Crippen molar-refractivity contribution in [2.24, 2.45) is 0 Å². The normalized spacial score (nSPS) is 10.9. The third-order valence-corrected chi connectivity index (χ3v) is 2.43. The molecule has 0 radical (unpaired) electrons. The van der Waals surface area contributed by atoms with E-state index in [2.05, 4.69) is 5.32 Å². The van der Waals surface area contributed by atoms with Gasteiger partial charge in [-0.05, 0) is 25.8 Å². The number of carbonyl (C=O) groups is 2. The van der Waals surface area contributed by atoms with Gasteiger partial charge in [0, 0.05) is 6.92 Å². The maximum atomic E-state index is 11.3. The fraction of sp³-hybridized carbons (Fsp3) is 0.467. The van der Waals surface area contributed by atoms with Gasteiger partial charge in [0.2, 0.25) is 5.91 Å². The van der Waals surface area contributed by atoms with Crippen LogP contribution in [0.15, 0.2) is 24.3 Å². The number of rotatable bonds is 4. The summed E-state index contributed by atoms with van der Waals surface area (Å²) in [6.07, 6.45) is 0.551. The van der Waals surface area contributed by atoms with Crippen LogP contribution in [0, 0.1) is 6.92 Å². The summed E-state index contributed by atoms with van der Waals surface area (Å²) in [4.78, 5) is 22.3. The molecule has 0 saturated carbocycles. The lowest BCUT2D eigenvalue weighted by molar-refractivity contribution is -0.125. The van der Waals surface area contributed by atoms with Gasteiger partial charge in [0.15, 0.2) is 5.78 Å². The summed E-state index contributed by atoms with van der Waals surface area (Å²) < 4.78 is 0. The number of benzene rings is 1. The summed E-state index contributed by atoms with van der Waals surface area (Å²) in [5, 5.41) is 2.65. The Hall–Kier alpha value is -1.64. The minimum absolute atomic E-state index is 0.0178. The summed E-state index contributed by atoms with van der Waals surface area (Å²) >= 11 is 0. The van der Waals surface area contributed by atoms with Gasteiger partial charge < -0.3 is 5.32 Å². The minimum atomic E-state index is -0.416. The quantitative estimate of drug-likeness (QED) is 0.891. The van der Waals surface area contributed by atoms with Gasteiger partial charge in [-0.1, -0.05) is 43.7 Å². The average Bonchev–Trinajstić information content (AvgIpc) is 2.33. The Morgan fingerprint density at radius 2 is 1.61 bits per heavy atom. The lowest BCUT2D eigenvalue weighted by Crippen LogP contribution is -2.40. The highest BCUT2D eigenvalue weighted by Gasteiger charge is 2.15. The van der Waals surface area contributed by atoms with Gasteiger partial charge in [-0.3, -0.25) is 9.59 Å². The monoisotopic (exact) mass is 249 g/mol. The number of carbonyl (C=O) groups excluding carboxylic acids is 2. The van der Waals surface area contributed by atoms with Gasteiger partial charge in [0.1, 0.15) is 0 Å². The van der Waals surface area contributed by atoms with E-state index in [-0.39, 0.29) is 11.7 Å². The molecule has 18 heavy (non-hydrogen) atoms. The van der Waals surface area contributed by atoms with Crippen molar-refractivity contribution in [2.45, 2.75) is 47.1 Å². The summed E-state index contributed by atoms with van der Waals surface area (Å²) in [7, 11) is 0. The van der Waals surface area contributed by atoms with Crippen LogP contribution in [0.25, 0.3) is 0 Å². The number of hydrogen-bond acceptors (Lipinski definition) is 2. The molecule has 3 nitrogen and oxygen atoms in total. The standard InChI is InChI=1S/C13H17NO2.C2H6/c1-9-4-6-12(7-5-9)8-13(10(2)15)14-11(3)16;1-2/h4-7,13H,8H2,1-3H3,(H,14,16);1-2H3. The summed E-state index contributed by atoms with van der Waals surface area (Å²) in [6, 6.07) is 7.54. The third kappa shape index (κ3) is 6.18. The molecule has 1 rings (SSSR count). The molecule has 0 aliphatic carbocycles. The predicted octanol–water partition coefficient (Wildman–Crippen LogP) is 2.66. The van der Waals surface area contributed by atoms with Gasteiger partial charge in [-0.2, -0.15) is 0 Å². The Kier molecular flexibility index (Phi) is 7.68. The number of Topliss-reactive ketones (excluding diaryl/α,β-unsaturated/α-hetero) is 1. The zero-order valence-electron chi connectivity index (χ0n) is 11.9. The van der Waals surface area contributed by atoms with Crippen molar-refractivity contribution in [2.75, 3.05) is 0 Å². The first-order valence-electron chi connectivity index (χ1n) is 6.32. The third-order valence-electron chi connectivity index (χ3n) is 2.43. The first kappa shape index (κ1) is 16.4. The average molecular weight is 249 g/mol. The van der Waals surface area contributed by atoms with E-state index in [1.54, 1.807) is 0 Å². The van der Waals surface area contributed by atoms with Gasteiger partial charge in [0.05, 0.1) is 6.04 Å². The number of nitrogens with one attached hydrogen (secondary N) is 1. The number of hydrogen-bond donors (Lipinski definition) is 1. The SMILES string of the molecule is CC.CC(=O)NC(Cc1ccc(C)cc1)C(C)=O. The topological polar surface area (TPSA) is 46.2 Å². The van der Waals surface area contributed by atoms with Gasteiger partial charge in [0.25, 0.3) is 0 Å². The Morgan fingerprint density at radius 3 is 2.00 bits per heavy atom. The minimum Gasteiger partial charge on any atom is -0.346 e. The summed E-state index contributed by atoms with van der Waals surface area (Å²) in [5.41, 5.74) is 2.24. The molecular weight excluding hydrogens is 226 g/mol. The highest BCUT2D eigenvalue weighted by Crippen LogP contribution is 2.06. The van der Waals surface area contributed by atoms with Crippen molar-refractivity contribution in [1.82, 2.24) is 5.32 Å². The van der Waals surface area contributed by atoms with E-state index in [9.17, 15) is 9.59 Å². The number of ketones is 1. The molecule has 1 unspecified atom stereocenters. The molecule has 0 heterocycles. The molecule has 0 fully saturated rings. The molecule has 0 aliphatic rings. The number of amides is 1. The molecule has 0 aromatic heterocycles. The van der Waals surface area contributed by atoms with Crippen molar-refractivity contribution < 1.29 is 9.59 Å². The molecule has 0 aliphatic heterocycles. The first-order valence-corrected chi connectivity index (χ1v) is 6.32. The van der Waals surface area contributed by atoms with Crippen LogP contribution in [0.1, 0.15) is 38.8 Å². The van der Waals surface area contributed by atoms with Crippen LogP contribution < -0.4 is 5.32 Å². The van der Waals surface area contributed by atoms with Gasteiger partial charge in [-0.25, -0.2) is 0 Å². The zero-order chi connectivity index (χ0) is 14.1. The molecule has 100 valence electrons. The Balaban J connectivity index is 0.00000137. The van der Waals surface area contributed by atoms with Crippen molar-refractivity contribution >= 4 is 11.7 Å². The van der Waals surface area contributed by atoms with Crippen molar-refractivity contribution in [3.05, 3.63) is 35.4 Å². The largest absolute Gasteiger partial charge is 0.346 e. The van der Waals surface area contributed by atoms with Crippen LogP contribution in [-0.4, -0.2) is 17.7 Å². The Morgan fingerprint density at radius 1 is 1.11 bits per heavy atom. The van der Waals surface area contributed by atoms with Crippen LogP contribution in [-0.2, 0) is 16.0 Å². The first-order chi connectivity index (χ1) is 8.49. The molecule has 1 atom stereocenters. The fourth-order valence-electron chi connectivity index (χ4n) is 1.50. The van der Waals surface area contributed by atoms with E-state index in [1.165, 1.54) is 19.4 Å². The second kappa shape index (κ2) is 8.45. The molecule has 0 spiro atoms. The van der Waals surface area contributed by atoms with Crippen LogP contribution in [0.4, 0.5) is 0 Å². The van der Waals surface area contributed by atoms with Crippen molar-refractivity contribution in [3.8, 4) is 0 Å². The van der Waals surface area contributed by atoms with E-state index in [0.29, 0.717) is 6.42 Å². The molecule has 0 saturated heterocycles. The van der Waals surface area contributed by atoms with Crippen molar-refractivity contribution in [1.29, 1.82) is 0 Å². The molecule has 1 N–H and O–H groups in total. The molecule has 3 heteroatoms. The molecule has 0 bridgehead atoms. The molecule has 1 aromatic rings. The van der Waals surface area contributed by atoms with Gasteiger partial charge in [-0.15, -0.1) is 0 Å². The van der Waals surface area contributed by atoms with Crippen LogP contribution in [0.5, 0.6) is 0 Å². The molecule has 1 aromatic carbocycles. The Bertz CT molecular complexity index is 382. The highest BCUT2D eigenvalue weighted by molar-refractivity contribution is 5.86. The summed E-state index contributed by atoms with van der Waals surface area (Å²) in [5.74, 6) is -0.192. The van der Waals surface area contributed by atoms with E-state index < -0.39 is 6.04 Å². The van der Waals surface area contributed by atoms with Crippen LogP contribution >= 0.6 is 0 Å². The van der Waals surface area contributed by atoms with E-state index in [4.69, 9.17) is 0 Å². The maximum absolute atomic E-state index is 11.3. The lowest BCUT2D eigenvalue weighted by Gasteiger charge is -2.14. The highest BCUT2D eigenvalue weighted by atomic mass is 16.2. The Labute approximate surface area is 110 Å². The molecule has 1 amide bonds. The number of aryl methyl sites for hydroxylation is 1. The van der Waals surface area contributed by atoms with Gasteiger partial charge >= 0.3 is 0 Å². The van der Waals surface area contributed by atoms with Crippen LogP contribution in [0.3, 0.4) is 0 Å². The lowest BCUT2D eigenvalue weighted by atomic mass is 10.0. The van der Waals surface area contributed by atoms with E-state index in [0.717, 1.165) is 5.56 Å². The smallest absolute Gasteiger partial charge is 0.217 e. The summed E-state index contributed by atoms with van der Waals surface area (Å²) in [6.45, 7) is 8.93. The van der Waals surface area contributed by atoms with E-state index in [1.807, 2.05) is 45.0 Å². The fourth-order valence-corrected chi connectivity index (χ4v) is 1.50. The molecular formula is C15H23NO2. The second-order valence-electron chi connectivity index (χ2n) is 4.05. The van der Waals surface area contributed by atoms with E-state index >= 15 is 0 Å². The zero-order valence-corrected chi connectivity index (χ0v) is 11.9. The predicted molar refractivity (Wildman–Crippen MR) is 74.5 cm³/mol. The second-order valence-corrected chi connectivity index (χ2v) is 4.05.